The third-order valence-electron chi connectivity index (χ3n) is 4.69. The molecule has 2 atom stereocenters. The van der Waals surface area contributed by atoms with E-state index in [9.17, 15) is 18.0 Å². The number of amides is 1. The smallest absolute Gasteiger partial charge is 0.334 e. The number of halogens is 3. The van der Waals surface area contributed by atoms with E-state index in [1.165, 1.54) is 0 Å². The molecule has 4 rings (SSSR count). The maximum absolute atomic E-state index is 12.6. The molecule has 0 spiro atoms. The summed E-state index contributed by atoms with van der Waals surface area (Å²) in [5, 5.41) is 0. The minimum Gasteiger partial charge on any atom is -0.334 e. The lowest BCUT2D eigenvalue weighted by Gasteiger charge is -2.32. The number of hydrogen-bond donors (Lipinski definition) is 0. The molecule has 6 heteroatoms. The highest BCUT2D eigenvalue weighted by Crippen LogP contribution is 2.48. The fourth-order valence-electron chi connectivity index (χ4n) is 3.80. The summed E-state index contributed by atoms with van der Waals surface area (Å²) in [6.45, 7) is 0.325. The van der Waals surface area contributed by atoms with E-state index in [-0.39, 0.29) is 24.9 Å². The Hall–Kier alpha value is -1.85. The summed E-state index contributed by atoms with van der Waals surface area (Å²) in [5.41, 5.74) is 4.25. The molecule has 0 N–H and O–H groups in total. The molecule has 2 heterocycles. The molecule has 3 nitrogen and oxygen atoms in total. The molecule has 1 amide bonds. The van der Waals surface area contributed by atoms with Gasteiger partial charge in [-0.3, -0.25) is 9.79 Å². The zero-order valence-electron chi connectivity index (χ0n) is 11.2. The van der Waals surface area contributed by atoms with Crippen molar-refractivity contribution < 1.29 is 18.0 Å². The van der Waals surface area contributed by atoms with E-state index in [1.807, 2.05) is 12.3 Å². The Bertz CT molecular complexity index is 666. The second-order valence-corrected chi connectivity index (χ2v) is 5.96. The van der Waals surface area contributed by atoms with E-state index in [2.05, 4.69) is 11.1 Å². The molecule has 2 unspecified atom stereocenters. The molecule has 21 heavy (non-hydrogen) atoms. The van der Waals surface area contributed by atoms with Gasteiger partial charge in [0.25, 0.3) is 0 Å². The van der Waals surface area contributed by atoms with Crippen molar-refractivity contribution in [2.75, 3.05) is 13.1 Å². The van der Waals surface area contributed by atoms with Crippen LogP contribution in [0.1, 0.15) is 34.9 Å². The summed E-state index contributed by atoms with van der Waals surface area (Å²) in [4.78, 5) is 16.7. The largest absolute Gasteiger partial charge is 0.471 e. The molecular weight excluding hydrogens is 281 g/mol. The van der Waals surface area contributed by atoms with Gasteiger partial charge >= 0.3 is 12.1 Å². The molecule has 1 saturated heterocycles. The van der Waals surface area contributed by atoms with Crippen LogP contribution in [0.3, 0.4) is 0 Å². The fraction of sp³-hybridized carbons (Fsp3) is 0.467. The van der Waals surface area contributed by atoms with Crippen LogP contribution in [0.4, 0.5) is 18.9 Å². The van der Waals surface area contributed by atoms with E-state index in [0.717, 1.165) is 40.1 Å². The predicted octanol–water partition coefficient (Wildman–Crippen LogP) is 2.92. The molecule has 110 valence electrons. The average Bonchev–Trinajstić information content (AvgIpc) is 2.99. The van der Waals surface area contributed by atoms with E-state index < -0.39 is 12.1 Å². The Labute approximate surface area is 119 Å². The van der Waals surface area contributed by atoms with Gasteiger partial charge in [0.15, 0.2) is 0 Å². The highest BCUT2D eigenvalue weighted by atomic mass is 19.4. The fourth-order valence-corrected chi connectivity index (χ4v) is 3.80. The topological polar surface area (TPSA) is 32.7 Å². The molecule has 1 aromatic rings. The maximum Gasteiger partial charge on any atom is 0.471 e. The quantitative estimate of drug-likeness (QED) is 0.724. The minimum absolute atomic E-state index is 0.00569. The third-order valence-corrected chi connectivity index (χ3v) is 4.69. The van der Waals surface area contributed by atoms with Crippen LogP contribution in [-0.2, 0) is 11.2 Å². The highest BCUT2D eigenvalue weighted by molar-refractivity contribution is 5.82. The monoisotopic (exact) mass is 294 g/mol. The van der Waals surface area contributed by atoms with Crippen LogP contribution in [0.5, 0.6) is 0 Å². The standard InChI is InChI=1S/C15H13F3N2O/c16-15(17,18)14(21)20-6-9-3-10(7-20)12-5-13-8(1-2-19-13)4-11(9)12/h2,4-5,9-10H,1,3,6-7H2. The molecule has 2 bridgehead atoms. The van der Waals surface area contributed by atoms with Gasteiger partial charge in [0.1, 0.15) is 0 Å². The van der Waals surface area contributed by atoms with Gasteiger partial charge < -0.3 is 4.90 Å². The number of fused-ring (bicyclic) bond motifs is 6. The van der Waals surface area contributed by atoms with Crippen LogP contribution in [0, 0.1) is 0 Å². The summed E-state index contributed by atoms with van der Waals surface area (Å²) in [5.74, 6) is -1.68. The van der Waals surface area contributed by atoms with Crippen LogP contribution >= 0.6 is 0 Å². The van der Waals surface area contributed by atoms with Gasteiger partial charge in [-0.05, 0) is 29.2 Å². The van der Waals surface area contributed by atoms with Crippen LogP contribution < -0.4 is 0 Å². The molecule has 1 aliphatic carbocycles. The van der Waals surface area contributed by atoms with Gasteiger partial charge in [-0.2, -0.15) is 13.2 Å². The Morgan fingerprint density at radius 1 is 1.19 bits per heavy atom. The van der Waals surface area contributed by atoms with Crippen molar-refractivity contribution in [1.82, 2.24) is 4.90 Å². The number of nitrogens with zero attached hydrogens (tertiary/aromatic N) is 2. The Morgan fingerprint density at radius 3 is 2.52 bits per heavy atom. The summed E-state index contributed by atoms with van der Waals surface area (Å²) in [6.07, 6.45) is -1.31. The summed E-state index contributed by atoms with van der Waals surface area (Å²) >= 11 is 0. The number of hydrogen-bond acceptors (Lipinski definition) is 2. The number of likely N-dealkylation sites (tertiary alicyclic amines) is 1. The average molecular weight is 294 g/mol. The van der Waals surface area contributed by atoms with Gasteiger partial charge in [0.05, 0.1) is 5.69 Å². The SMILES string of the molecule is O=C(N1CC2CC(C1)c1cc3c(cc12)CC=N3)C(F)(F)F. The Morgan fingerprint density at radius 2 is 1.86 bits per heavy atom. The van der Waals surface area contributed by atoms with E-state index in [1.54, 1.807) is 0 Å². The van der Waals surface area contributed by atoms with Crippen molar-refractivity contribution in [2.45, 2.75) is 30.9 Å². The number of benzene rings is 1. The number of aliphatic imine (C=N–C) groups is 1. The van der Waals surface area contributed by atoms with E-state index >= 15 is 0 Å². The van der Waals surface area contributed by atoms with Crippen molar-refractivity contribution in [3.8, 4) is 0 Å². The zero-order valence-corrected chi connectivity index (χ0v) is 11.2. The van der Waals surface area contributed by atoms with Gasteiger partial charge in [-0.1, -0.05) is 6.07 Å². The second kappa shape index (κ2) is 4.08. The van der Waals surface area contributed by atoms with Crippen molar-refractivity contribution in [3.63, 3.8) is 0 Å². The van der Waals surface area contributed by atoms with Crippen molar-refractivity contribution >= 4 is 17.8 Å². The predicted molar refractivity (Wildman–Crippen MR) is 71.0 cm³/mol. The Kier molecular flexibility index (Phi) is 2.50. The molecule has 2 aliphatic heterocycles. The number of piperidine rings is 1. The van der Waals surface area contributed by atoms with E-state index in [4.69, 9.17) is 0 Å². The first-order valence-corrected chi connectivity index (χ1v) is 6.99. The number of carbonyl (C=O) groups is 1. The number of rotatable bonds is 0. The molecule has 0 radical (unpaired) electrons. The van der Waals surface area contributed by atoms with Crippen molar-refractivity contribution in [2.24, 2.45) is 4.99 Å². The molecule has 0 aromatic heterocycles. The summed E-state index contributed by atoms with van der Waals surface area (Å²) in [6, 6.07) is 4.07. The van der Waals surface area contributed by atoms with Crippen LogP contribution in [-0.4, -0.2) is 36.3 Å². The first-order valence-electron chi connectivity index (χ1n) is 6.99. The van der Waals surface area contributed by atoms with Crippen LogP contribution in [0.25, 0.3) is 0 Å². The lowest BCUT2D eigenvalue weighted by molar-refractivity contribution is -0.186. The number of alkyl halides is 3. The van der Waals surface area contributed by atoms with Crippen molar-refractivity contribution in [1.29, 1.82) is 0 Å². The Balaban J connectivity index is 1.67. The second-order valence-electron chi connectivity index (χ2n) is 5.96. The van der Waals surface area contributed by atoms with Gasteiger partial charge in [-0.15, -0.1) is 0 Å². The molecule has 1 fully saturated rings. The molecule has 1 aromatic carbocycles. The van der Waals surface area contributed by atoms with Gasteiger partial charge in [0.2, 0.25) is 0 Å². The zero-order chi connectivity index (χ0) is 14.8. The van der Waals surface area contributed by atoms with Crippen LogP contribution in [0.15, 0.2) is 17.1 Å². The third kappa shape index (κ3) is 1.88. The molecular formula is C15H13F3N2O. The number of carbonyl (C=O) groups excluding carboxylic acids is 1. The maximum atomic E-state index is 12.6. The lowest BCUT2D eigenvalue weighted by Crippen LogP contribution is -2.46. The summed E-state index contributed by atoms with van der Waals surface area (Å²) in [7, 11) is 0. The minimum atomic E-state index is -4.78. The molecule has 3 aliphatic rings. The van der Waals surface area contributed by atoms with Crippen molar-refractivity contribution in [3.05, 3.63) is 28.8 Å². The lowest BCUT2D eigenvalue weighted by atomic mass is 9.95. The van der Waals surface area contributed by atoms with Gasteiger partial charge in [0, 0.05) is 37.6 Å². The van der Waals surface area contributed by atoms with Crippen LogP contribution in [0.2, 0.25) is 0 Å². The highest BCUT2D eigenvalue weighted by Gasteiger charge is 2.47. The normalized spacial score (nSPS) is 26.0. The molecule has 0 saturated carbocycles. The first-order chi connectivity index (χ1) is 9.93. The first kappa shape index (κ1) is 12.9. The summed E-state index contributed by atoms with van der Waals surface area (Å²) < 4.78 is 37.9. The van der Waals surface area contributed by atoms with Gasteiger partial charge in [-0.25, -0.2) is 0 Å². The van der Waals surface area contributed by atoms with E-state index in [0.29, 0.717) is 0 Å².